The first-order valence-corrected chi connectivity index (χ1v) is 13.8. The zero-order valence-electron chi connectivity index (χ0n) is 23.6. The fourth-order valence-electron chi connectivity index (χ4n) is 4.77. The van der Waals surface area contributed by atoms with Gasteiger partial charge in [-0.3, -0.25) is 19.5 Å². The molecule has 0 saturated heterocycles. The van der Waals surface area contributed by atoms with Crippen LogP contribution in [0, 0.1) is 10.1 Å². The maximum Gasteiger partial charge on any atom is 0.338 e. The largest absolute Gasteiger partial charge is 0.496 e. The monoisotopic (exact) mass is 588 g/mol. The lowest BCUT2D eigenvalue weighted by molar-refractivity contribution is -0.384. The van der Waals surface area contributed by atoms with Gasteiger partial charge in [-0.05, 0) is 49.7 Å². The Bertz CT molecular complexity index is 1900. The van der Waals surface area contributed by atoms with Gasteiger partial charge in [0.15, 0.2) is 4.80 Å². The molecule has 5 rings (SSSR count). The number of anilines is 1. The highest BCUT2D eigenvalue weighted by Crippen LogP contribution is 2.35. The molecule has 42 heavy (non-hydrogen) atoms. The van der Waals surface area contributed by atoms with Crippen LogP contribution in [-0.4, -0.2) is 43.3 Å². The molecular weight excluding hydrogens is 560 g/mol. The van der Waals surface area contributed by atoms with Crippen LogP contribution in [0.1, 0.15) is 31.2 Å². The molecule has 2 aromatic carbocycles. The van der Waals surface area contributed by atoms with Gasteiger partial charge in [-0.15, -0.1) is 0 Å². The number of carbonyl (C=O) groups excluding carboxylic acids is 1. The molecule has 0 spiro atoms. The number of hydrogen-bond donors (Lipinski definition) is 0. The van der Waals surface area contributed by atoms with Crippen LogP contribution in [0.4, 0.5) is 11.4 Å². The molecule has 11 nitrogen and oxygen atoms in total. The molecule has 2 aromatic heterocycles. The molecule has 4 aromatic rings. The summed E-state index contributed by atoms with van der Waals surface area (Å²) in [5.74, 6) is 0.574. The molecule has 0 bridgehead atoms. The Morgan fingerprint density at radius 1 is 1.19 bits per heavy atom. The van der Waals surface area contributed by atoms with Gasteiger partial charge >= 0.3 is 5.97 Å². The Kier molecular flexibility index (Phi) is 7.81. The second-order valence-corrected chi connectivity index (χ2v) is 10.6. The molecule has 1 aliphatic rings. The highest BCUT2D eigenvalue weighted by atomic mass is 32.1. The fourth-order valence-corrected chi connectivity index (χ4v) is 5.79. The Labute approximate surface area is 244 Å². The van der Waals surface area contributed by atoms with Gasteiger partial charge in [-0.1, -0.05) is 23.5 Å². The van der Waals surface area contributed by atoms with Gasteiger partial charge in [-0.25, -0.2) is 9.79 Å². The lowest BCUT2D eigenvalue weighted by atomic mass is 9.95. The number of fused-ring (bicyclic) bond motifs is 1. The minimum absolute atomic E-state index is 0.108. The van der Waals surface area contributed by atoms with Crippen LogP contribution in [0.15, 0.2) is 80.1 Å². The molecule has 1 atom stereocenters. The average molecular weight is 589 g/mol. The fraction of sp³-hybridized carbons (Fsp3) is 0.233. The maximum atomic E-state index is 13.9. The molecule has 0 N–H and O–H groups in total. The normalized spacial score (nSPS) is 14.8. The van der Waals surface area contributed by atoms with Crippen LogP contribution in [0.2, 0.25) is 0 Å². The van der Waals surface area contributed by atoms with E-state index >= 15 is 0 Å². The molecule has 1 aliphatic heterocycles. The predicted octanol–water partition coefficient (Wildman–Crippen LogP) is 4.04. The van der Waals surface area contributed by atoms with E-state index in [1.807, 2.05) is 43.3 Å². The molecule has 12 heteroatoms. The lowest BCUT2D eigenvalue weighted by Gasteiger charge is -2.25. The lowest BCUT2D eigenvalue weighted by Crippen LogP contribution is -2.39. The standard InChI is InChI=1S/C30H28N4O7S/c1-6-40-29(36)26-17(2)31-30-33(27(26)18-7-9-19(10-8-18)32(3)4)28(35)25(42-30)16-21-12-14-24(41-21)22-15-20(34(37)38)11-13-23(22)39-5/h7-16,27H,6H2,1-5H3/b25-16+/t27-/m1/s1. The van der Waals surface area contributed by atoms with Gasteiger partial charge < -0.3 is 18.8 Å². The summed E-state index contributed by atoms with van der Waals surface area (Å²) in [6.45, 7) is 3.64. The van der Waals surface area contributed by atoms with E-state index < -0.39 is 16.9 Å². The summed E-state index contributed by atoms with van der Waals surface area (Å²) in [4.78, 5) is 44.8. The Balaban J connectivity index is 1.62. The highest BCUT2D eigenvalue weighted by molar-refractivity contribution is 7.07. The first kappa shape index (κ1) is 28.6. The summed E-state index contributed by atoms with van der Waals surface area (Å²) in [5.41, 5.74) is 2.43. The number of esters is 1. The van der Waals surface area contributed by atoms with Crippen molar-refractivity contribution in [3.8, 4) is 17.1 Å². The van der Waals surface area contributed by atoms with Crippen LogP contribution in [0.25, 0.3) is 17.4 Å². The molecule has 0 amide bonds. The van der Waals surface area contributed by atoms with Crippen LogP contribution in [0.5, 0.6) is 5.75 Å². The molecule has 0 fully saturated rings. The molecule has 3 heterocycles. The van der Waals surface area contributed by atoms with Crippen molar-refractivity contribution < 1.29 is 23.6 Å². The summed E-state index contributed by atoms with van der Waals surface area (Å²) >= 11 is 1.17. The van der Waals surface area contributed by atoms with Crippen molar-refractivity contribution in [2.75, 3.05) is 32.7 Å². The van der Waals surface area contributed by atoms with Gasteiger partial charge in [0.1, 0.15) is 17.3 Å². The number of ether oxygens (including phenoxy) is 2. The Morgan fingerprint density at radius 2 is 1.93 bits per heavy atom. The number of methoxy groups -OCH3 is 1. The number of carbonyl (C=O) groups is 1. The van der Waals surface area contributed by atoms with Crippen molar-refractivity contribution in [3.05, 3.63) is 107 Å². The molecular formula is C30H28N4O7S. The quantitative estimate of drug-likeness (QED) is 0.171. The zero-order valence-corrected chi connectivity index (χ0v) is 24.4. The average Bonchev–Trinajstić information content (AvgIpc) is 3.56. The summed E-state index contributed by atoms with van der Waals surface area (Å²) < 4.78 is 18.6. The number of nitro benzene ring substituents is 1. The smallest absolute Gasteiger partial charge is 0.338 e. The number of benzene rings is 2. The number of allylic oxidation sites excluding steroid dienone is 1. The minimum atomic E-state index is -0.736. The number of aromatic nitrogens is 1. The number of thiazole rings is 1. The van der Waals surface area contributed by atoms with E-state index in [0.29, 0.717) is 43.4 Å². The van der Waals surface area contributed by atoms with Gasteiger partial charge in [-0.2, -0.15) is 0 Å². The van der Waals surface area contributed by atoms with Gasteiger partial charge in [0, 0.05) is 38.0 Å². The second-order valence-electron chi connectivity index (χ2n) is 9.63. The second kappa shape index (κ2) is 11.5. The van der Waals surface area contributed by atoms with Gasteiger partial charge in [0.2, 0.25) is 0 Å². The molecule has 0 saturated carbocycles. The number of non-ortho nitro benzene ring substituents is 1. The number of rotatable bonds is 8. The molecule has 0 aliphatic carbocycles. The molecule has 216 valence electrons. The van der Waals surface area contributed by atoms with Crippen molar-refractivity contribution in [2.45, 2.75) is 19.9 Å². The van der Waals surface area contributed by atoms with Crippen LogP contribution >= 0.6 is 11.3 Å². The molecule has 0 unspecified atom stereocenters. The van der Waals surface area contributed by atoms with Crippen LogP contribution in [-0.2, 0) is 9.53 Å². The number of hydrogen-bond acceptors (Lipinski definition) is 10. The first-order valence-electron chi connectivity index (χ1n) is 13.0. The molecule has 0 radical (unpaired) electrons. The third-order valence-corrected chi connectivity index (χ3v) is 7.78. The number of nitrogens with zero attached hydrogens (tertiary/aromatic N) is 4. The summed E-state index contributed by atoms with van der Waals surface area (Å²) in [7, 11) is 5.33. The first-order chi connectivity index (χ1) is 20.1. The Morgan fingerprint density at radius 3 is 2.57 bits per heavy atom. The summed E-state index contributed by atoms with van der Waals surface area (Å²) in [6, 6.07) is 14.4. The van der Waals surface area contributed by atoms with E-state index in [-0.39, 0.29) is 17.9 Å². The SMILES string of the molecule is CCOC(=O)C1=C(C)N=c2s/c(=C/c3ccc(-c4cc([N+](=O)[O-])ccc4OC)o3)c(=O)n2[C@@H]1c1ccc(N(C)C)cc1. The highest BCUT2D eigenvalue weighted by Gasteiger charge is 2.33. The number of nitro groups is 1. The van der Waals surface area contributed by atoms with Crippen molar-refractivity contribution in [1.29, 1.82) is 0 Å². The predicted molar refractivity (Wildman–Crippen MR) is 159 cm³/mol. The third-order valence-electron chi connectivity index (χ3n) is 6.80. The summed E-state index contributed by atoms with van der Waals surface area (Å²) in [6.07, 6.45) is 1.59. The van der Waals surface area contributed by atoms with E-state index in [4.69, 9.17) is 13.9 Å². The van der Waals surface area contributed by atoms with Gasteiger partial charge in [0.25, 0.3) is 11.2 Å². The number of furan rings is 1. The maximum absolute atomic E-state index is 13.9. The van der Waals surface area contributed by atoms with E-state index in [1.54, 1.807) is 32.1 Å². The zero-order chi connectivity index (χ0) is 30.1. The van der Waals surface area contributed by atoms with Crippen molar-refractivity contribution in [2.24, 2.45) is 4.99 Å². The third kappa shape index (κ3) is 5.23. The van der Waals surface area contributed by atoms with Gasteiger partial charge in [0.05, 0.1) is 46.0 Å². The van der Waals surface area contributed by atoms with Crippen LogP contribution in [0.3, 0.4) is 0 Å². The van der Waals surface area contributed by atoms with Crippen molar-refractivity contribution in [3.63, 3.8) is 0 Å². The van der Waals surface area contributed by atoms with E-state index in [0.717, 1.165) is 11.3 Å². The minimum Gasteiger partial charge on any atom is -0.496 e. The van der Waals surface area contributed by atoms with E-state index in [9.17, 15) is 19.7 Å². The Hall–Kier alpha value is -4.97. The van der Waals surface area contributed by atoms with Crippen molar-refractivity contribution >= 4 is 34.8 Å². The van der Waals surface area contributed by atoms with Crippen LogP contribution < -0.4 is 24.5 Å². The topological polar surface area (TPSA) is 129 Å². The summed E-state index contributed by atoms with van der Waals surface area (Å²) in [5, 5.41) is 11.3. The van der Waals surface area contributed by atoms with E-state index in [2.05, 4.69) is 4.99 Å². The van der Waals surface area contributed by atoms with E-state index in [1.165, 1.54) is 41.2 Å². The van der Waals surface area contributed by atoms with Crippen molar-refractivity contribution in [1.82, 2.24) is 4.57 Å².